The van der Waals surface area contributed by atoms with E-state index in [1.54, 1.807) is 11.3 Å². The molecular weight excluding hydrogens is 350 g/mol. The fraction of sp³-hybridized carbons (Fsp3) is 0.556. The largest absolute Gasteiger partial charge is 0.360 e. The molecule has 7 heteroatoms. The number of nitrogens with zero attached hydrogens (tertiary/aromatic N) is 4. The number of aliphatic imine (C=N–C) groups is 1. The molecule has 0 atom stereocenters. The van der Waals surface area contributed by atoms with Crippen molar-refractivity contribution in [2.45, 2.75) is 32.7 Å². The van der Waals surface area contributed by atoms with Crippen LogP contribution in [0.4, 0.5) is 5.00 Å². The Kier molecular flexibility index (Phi) is 5.64. The van der Waals surface area contributed by atoms with Crippen molar-refractivity contribution >= 4 is 33.6 Å². The van der Waals surface area contributed by atoms with E-state index in [4.69, 9.17) is 4.98 Å². The SMILES string of the molecule is CN=C(NCc1nc(C(C)(C)C)cs1)N1CCN(c2cccs2)CC1. The first kappa shape index (κ1) is 18.2. The van der Waals surface area contributed by atoms with Gasteiger partial charge >= 0.3 is 0 Å². The molecule has 1 aliphatic rings. The normalized spacial score (nSPS) is 16.4. The van der Waals surface area contributed by atoms with Crippen LogP contribution in [0.3, 0.4) is 0 Å². The minimum Gasteiger partial charge on any atom is -0.360 e. The average Bonchev–Trinajstić information content (AvgIpc) is 3.27. The Morgan fingerprint density at radius 1 is 1.24 bits per heavy atom. The summed E-state index contributed by atoms with van der Waals surface area (Å²) < 4.78 is 0. The van der Waals surface area contributed by atoms with Crippen LogP contribution in [-0.2, 0) is 12.0 Å². The third-order valence-corrected chi connectivity index (χ3v) is 6.10. The van der Waals surface area contributed by atoms with Crippen molar-refractivity contribution in [3.8, 4) is 0 Å². The smallest absolute Gasteiger partial charge is 0.194 e. The van der Waals surface area contributed by atoms with E-state index in [-0.39, 0.29) is 5.41 Å². The van der Waals surface area contributed by atoms with Crippen molar-refractivity contribution in [2.24, 2.45) is 4.99 Å². The van der Waals surface area contributed by atoms with Crippen LogP contribution in [0.5, 0.6) is 0 Å². The lowest BCUT2D eigenvalue weighted by Gasteiger charge is -2.36. The van der Waals surface area contributed by atoms with Crippen molar-refractivity contribution in [2.75, 3.05) is 38.1 Å². The molecule has 0 unspecified atom stereocenters. The Bertz CT molecular complexity index is 691. The van der Waals surface area contributed by atoms with Crippen LogP contribution in [0, 0.1) is 0 Å². The summed E-state index contributed by atoms with van der Waals surface area (Å²) in [6.45, 7) is 11.4. The number of thiophene rings is 1. The van der Waals surface area contributed by atoms with Crippen LogP contribution in [0.25, 0.3) is 0 Å². The predicted octanol–water partition coefficient (Wildman–Crippen LogP) is 3.40. The van der Waals surface area contributed by atoms with Crippen LogP contribution in [0.2, 0.25) is 0 Å². The van der Waals surface area contributed by atoms with Gasteiger partial charge in [0.15, 0.2) is 5.96 Å². The first-order chi connectivity index (χ1) is 12.0. The van der Waals surface area contributed by atoms with Crippen LogP contribution in [-0.4, -0.2) is 49.1 Å². The van der Waals surface area contributed by atoms with Gasteiger partial charge in [-0.2, -0.15) is 0 Å². The van der Waals surface area contributed by atoms with E-state index in [9.17, 15) is 0 Å². The van der Waals surface area contributed by atoms with Crippen LogP contribution in [0.1, 0.15) is 31.5 Å². The maximum atomic E-state index is 4.75. The molecule has 0 aliphatic carbocycles. The summed E-state index contributed by atoms with van der Waals surface area (Å²) in [7, 11) is 1.86. The van der Waals surface area contributed by atoms with Crippen LogP contribution in [0.15, 0.2) is 27.9 Å². The summed E-state index contributed by atoms with van der Waals surface area (Å²) in [6, 6.07) is 4.31. The van der Waals surface area contributed by atoms with Gasteiger partial charge in [0.25, 0.3) is 0 Å². The lowest BCUT2D eigenvalue weighted by molar-refractivity contribution is 0.373. The first-order valence-electron chi connectivity index (χ1n) is 8.66. The molecule has 1 saturated heterocycles. The standard InChI is InChI=1S/C18H27N5S2/c1-18(2,3)14-13-25-15(21-14)12-20-17(19-4)23-9-7-22(8-10-23)16-6-5-11-24-16/h5-6,11,13H,7-10,12H2,1-4H3,(H,19,20). The first-order valence-corrected chi connectivity index (χ1v) is 10.4. The molecule has 0 bridgehead atoms. The van der Waals surface area contributed by atoms with Crippen molar-refractivity contribution in [3.05, 3.63) is 33.6 Å². The van der Waals surface area contributed by atoms with Crippen molar-refractivity contribution < 1.29 is 0 Å². The lowest BCUT2D eigenvalue weighted by atomic mass is 9.93. The Hall–Kier alpha value is -1.60. The molecule has 3 rings (SSSR count). The molecule has 0 saturated carbocycles. The summed E-state index contributed by atoms with van der Waals surface area (Å²) in [6.07, 6.45) is 0. The highest BCUT2D eigenvalue weighted by Crippen LogP contribution is 2.24. The van der Waals surface area contributed by atoms with Gasteiger partial charge in [0.1, 0.15) is 5.01 Å². The summed E-state index contributed by atoms with van der Waals surface area (Å²) in [5.74, 6) is 0.971. The van der Waals surface area contributed by atoms with Crippen molar-refractivity contribution in [1.82, 2.24) is 15.2 Å². The second-order valence-corrected chi connectivity index (χ2v) is 9.07. The van der Waals surface area contributed by atoms with Gasteiger partial charge in [-0.25, -0.2) is 4.98 Å². The topological polar surface area (TPSA) is 43.8 Å². The zero-order chi connectivity index (χ0) is 17.9. The maximum absolute atomic E-state index is 4.75. The molecule has 0 radical (unpaired) electrons. The molecule has 3 heterocycles. The third-order valence-electron chi connectivity index (χ3n) is 4.33. The van der Waals surface area contributed by atoms with E-state index in [0.717, 1.165) is 49.4 Å². The fourth-order valence-electron chi connectivity index (χ4n) is 2.81. The Balaban J connectivity index is 1.53. The van der Waals surface area contributed by atoms with E-state index in [2.05, 4.69) is 63.8 Å². The number of guanidine groups is 1. The highest BCUT2D eigenvalue weighted by atomic mass is 32.1. The Morgan fingerprint density at radius 3 is 2.56 bits per heavy atom. The molecule has 1 aliphatic heterocycles. The highest BCUT2D eigenvalue weighted by Gasteiger charge is 2.21. The minimum absolute atomic E-state index is 0.106. The molecule has 0 spiro atoms. The molecule has 0 amide bonds. The van der Waals surface area contributed by atoms with Crippen molar-refractivity contribution in [3.63, 3.8) is 0 Å². The molecule has 2 aromatic rings. The fourth-order valence-corrected chi connectivity index (χ4v) is 4.56. The monoisotopic (exact) mass is 377 g/mol. The number of rotatable bonds is 3. The number of piperazine rings is 1. The minimum atomic E-state index is 0.106. The molecule has 136 valence electrons. The number of thiazole rings is 1. The number of hydrogen-bond donors (Lipinski definition) is 1. The van der Waals surface area contributed by atoms with E-state index in [1.807, 2.05) is 18.4 Å². The van der Waals surface area contributed by atoms with Gasteiger partial charge in [-0.05, 0) is 17.5 Å². The molecule has 5 nitrogen and oxygen atoms in total. The highest BCUT2D eigenvalue weighted by molar-refractivity contribution is 7.14. The van der Waals surface area contributed by atoms with E-state index < -0.39 is 0 Å². The second-order valence-electron chi connectivity index (χ2n) is 7.20. The number of aromatic nitrogens is 1. The summed E-state index contributed by atoms with van der Waals surface area (Å²) >= 11 is 3.53. The van der Waals surface area contributed by atoms with Crippen molar-refractivity contribution in [1.29, 1.82) is 0 Å². The quantitative estimate of drug-likeness (QED) is 0.658. The van der Waals surface area contributed by atoms with Gasteiger partial charge in [0.2, 0.25) is 0 Å². The maximum Gasteiger partial charge on any atom is 0.194 e. The molecular formula is C18H27N5S2. The van der Waals surface area contributed by atoms with Gasteiger partial charge in [-0.3, -0.25) is 4.99 Å². The van der Waals surface area contributed by atoms with E-state index in [0.29, 0.717) is 0 Å². The molecule has 1 N–H and O–H groups in total. The summed E-state index contributed by atoms with van der Waals surface area (Å²) in [4.78, 5) is 14.0. The number of nitrogens with one attached hydrogen (secondary N) is 1. The van der Waals surface area contributed by atoms with Crippen LogP contribution < -0.4 is 10.2 Å². The Labute approximate surface area is 158 Å². The third kappa shape index (κ3) is 4.52. The second kappa shape index (κ2) is 7.74. The zero-order valence-electron chi connectivity index (χ0n) is 15.5. The van der Waals surface area contributed by atoms with Gasteiger partial charge in [-0.1, -0.05) is 20.8 Å². The van der Waals surface area contributed by atoms with Crippen LogP contribution >= 0.6 is 22.7 Å². The molecule has 0 aromatic carbocycles. The number of anilines is 1. The summed E-state index contributed by atoms with van der Waals surface area (Å²) in [5, 5.41) is 10.3. The number of hydrogen-bond acceptors (Lipinski definition) is 5. The molecule has 25 heavy (non-hydrogen) atoms. The molecule has 2 aromatic heterocycles. The average molecular weight is 378 g/mol. The zero-order valence-corrected chi connectivity index (χ0v) is 17.1. The Morgan fingerprint density at radius 2 is 2.00 bits per heavy atom. The van der Waals surface area contributed by atoms with Gasteiger partial charge in [0, 0.05) is 44.0 Å². The van der Waals surface area contributed by atoms with Gasteiger partial charge in [0.05, 0.1) is 17.2 Å². The van der Waals surface area contributed by atoms with Gasteiger partial charge in [-0.15, -0.1) is 22.7 Å². The lowest BCUT2D eigenvalue weighted by Crippen LogP contribution is -2.52. The summed E-state index contributed by atoms with van der Waals surface area (Å²) in [5.41, 5.74) is 1.27. The van der Waals surface area contributed by atoms with Gasteiger partial charge < -0.3 is 15.1 Å². The van der Waals surface area contributed by atoms with E-state index >= 15 is 0 Å². The van der Waals surface area contributed by atoms with E-state index in [1.165, 1.54) is 5.00 Å². The molecule has 1 fully saturated rings. The predicted molar refractivity (Wildman–Crippen MR) is 109 cm³/mol.